The summed E-state index contributed by atoms with van der Waals surface area (Å²) in [6.45, 7) is 1.23. The molecular formula is C9H12N4O4S. The Morgan fingerprint density at radius 1 is 1.56 bits per heavy atom. The summed E-state index contributed by atoms with van der Waals surface area (Å²) in [6.07, 6.45) is 1.87. The molecule has 8 nitrogen and oxygen atoms in total. The fourth-order valence-corrected chi connectivity index (χ4v) is 3.13. The third-order valence-corrected chi connectivity index (χ3v) is 4.05. The van der Waals surface area contributed by atoms with Crippen molar-refractivity contribution in [2.45, 2.75) is 17.5 Å². The van der Waals surface area contributed by atoms with Gasteiger partial charge in [0.1, 0.15) is 0 Å². The summed E-state index contributed by atoms with van der Waals surface area (Å²) >= 11 is 0. The molecule has 2 heterocycles. The average molecular weight is 272 g/mol. The Morgan fingerprint density at radius 3 is 2.94 bits per heavy atom. The fraction of sp³-hybridized carbons (Fsp3) is 0.444. The van der Waals surface area contributed by atoms with Crippen LogP contribution in [0.1, 0.15) is 6.42 Å². The fourth-order valence-electron chi connectivity index (χ4n) is 1.76. The van der Waals surface area contributed by atoms with Crippen LogP contribution in [0.15, 0.2) is 23.4 Å². The number of rotatable bonds is 4. The maximum atomic E-state index is 12.0. The molecule has 1 aliphatic rings. The van der Waals surface area contributed by atoms with Gasteiger partial charge in [0.25, 0.3) is 10.0 Å². The van der Waals surface area contributed by atoms with Crippen LogP contribution >= 0.6 is 0 Å². The molecule has 9 heteroatoms. The molecule has 0 radical (unpaired) electrons. The maximum Gasteiger partial charge on any atom is 0.308 e. The topological polar surface area (TPSA) is 114 Å². The highest BCUT2D eigenvalue weighted by Gasteiger charge is 2.30. The number of pyridine rings is 1. The number of nitrogens with one attached hydrogen (secondary N) is 2. The van der Waals surface area contributed by atoms with E-state index < -0.39 is 25.7 Å². The zero-order chi connectivity index (χ0) is 13.2. The molecule has 2 rings (SSSR count). The van der Waals surface area contributed by atoms with Crippen molar-refractivity contribution in [1.29, 1.82) is 0 Å². The quantitative estimate of drug-likeness (QED) is 0.571. The predicted octanol–water partition coefficient (Wildman–Crippen LogP) is -0.370. The lowest BCUT2D eigenvalue weighted by Gasteiger charge is -2.11. The summed E-state index contributed by atoms with van der Waals surface area (Å²) in [6, 6.07) is 2.19. The molecule has 0 aliphatic carbocycles. The van der Waals surface area contributed by atoms with E-state index in [0.29, 0.717) is 13.0 Å². The van der Waals surface area contributed by atoms with Crippen LogP contribution in [0.5, 0.6) is 0 Å². The van der Waals surface area contributed by atoms with Crippen molar-refractivity contribution in [3.05, 3.63) is 28.4 Å². The van der Waals surface area contributed by atoms with Crippen molar-refractivity contribution >= 4 is 15.7 Å². The normalized spacial score (nSPS) is 19.9. The van der Waals surface area contributed by atoms with Gasteiger partial charge in [-0.3, -0.25) is 10.1 Å². The summed E-state index contributed by atoms with van der Waals surface area (Å²) in [5.74, 6) is 0. The lowest BCUT2D eigenvalue weighted by atomic mass is 10.3. The van der Waals surface area contributed by atoms with Crippen LogP contribution in [0.3, 0.4) is 0 Å². The number of hydrogen-bond acceptors (Lipinski definition) is 6. The second-order valence-electron chi connectivity index (χ2n) is 3.90. The van der Waals surface area contributed by atoms with Gasteiger partial charge in [0, 0.05) is 24.8 Å². The zero-order valence-corrected chi connectivity index (χ0v) is 10.2. The average Bonchev–Trinajstić information content (AvgIpc) is 2.81. The molecule has 18 heavy (non-hydrogen) atoms. The van der Waals surface area contributed by atoms with Gasteiger partial charge in [-0.15, -0.1) is 0 Å². The summed E-state index contributed by atoms with van der Waals surface area (Å²) in [4.78, 5) is 13.6. The molecule has 1 aromatic rings. The van der Waals surface area contributed by atoms with E-state index in [1.807, 2.05) is 0 Å². The van der Waals surface area contributed by atoms with Gasteiger partial charge in [-0.05, 0) is 19.0 Å². The molecule has 0 aromatic carbocycles. The van der Waals surface area contributed by atoms with Crippen molar-refractivity contribution in [3.8, 4) is 0 Å². The van der Waals surface area contributed by atoms with Crippen LogP contribution in [0.4, 0.5) is 5.69 Å². The van der Waals surface area contributed by atoms with Crippen molar-refractivity contribution in [2.75, 3.05) is 13.1 Å². The maximum absolute atomic E-state index is 12.0. The number of aromatic nitrogens is 1. The van der Waals surface area contributed by atoms with E-state index in [2.05, 4.69) is 15.0 Å². The van der Waals surface area contributed by atoms with Crippen molar-refractivity contribution in [2.24, 2.45) is 0 Å². The van der Waals surface area contributed by atoms with Crippen LogP contribution in [0.2, 0.25) is 0 Å². The van der Waals surface area contributed by atoms with Gasteiger partial charge in [-0.25, -0.2) is 18.1 Å². The van der Waals surface area contributed by atoms with E-state index in [4.69, 9.17) is 0 Å². The van der Waals surface area contributed by atoms with Crippen molar-refractivity contribution in [1.82, 2.24) is 15.0 Å². The molecule has 1 unspecified atom stereocenters. The van der Waals surface area contributed by atoms with Gasteiger partial charge in [-0.1, -0.05) is 0 Å². The molecule has 1 atom stereocenters. The first-order chi connectivity index (χ1) is 8.50. The minimum Gasteiger partial charge on any atom is -0.315 e. The zero-order valence-electron chi connectivity index (χ0n) is 9.37. The van der Waals surface area contributed by atoms with Crippen LogP contribution < -0.4 is 10.0 Å². The molecule has 1 saturated heterocycles. The minimum absolute atomic E-state index is 0.253. The molecule has 98 valence electrons. The van der Waals surface area contributed by atoms with Crippen molar-refractivity contribution < 1.29 is 13.3 Å². The number of sulfonamides is 1. The van der Waals surface area contributed by atoms with Gasteiger partial charge >= 0.3 is 5.69 Å². The third-order valence-electron chi connectivity index (χ3n) is 2.58. The highest BCUT2D eigenvalue weighted by atomic mass is 32.2. The van der Waals surface area contributed by atoms with Gasteiger partial charge in [0.2, 0.25) is 5.03 Å². The van der Waals surface area contributed by atoms with Crippen LogP contribution in [-0.4, -0.2) is 37.5 Å². The largest absolute Gasteiger partial charge is 0.315 e. The molecule has 1 fully saturated rings. The van der Waals surface area contributed by atoms with Gasteiger partial charge < -0.3 is 5.32 Å². The SMILES string of the molecule is O=[N+]([O-])c1cccnc1S(=O)(=O)NC1CCNC1. The van der Waals surface area contributed by atoms with Crippen molar-refractivity contribution in [3.63, 3.8) is 0 Å². The molecular weight excluding hydrogens is 260 g/mol. The van der Waals surface area contributed by atoms with Crippen LogP contribution in [-0.2, 0) is 10.0 Å². The smallest absolute Gasteiger partial charge is 0.308 e. The van der Waals surface area contributed by atoms with Crippen LogP contribution in [0, 0.1) is 10.1 Å². The van der Waals surface area contributed by atoms with Gasteiger partial charge in [0.15, 0.2) is 0 Å². The molecule has 0 bridgehead atoms. The molecule has 0 saturated carbocycles. The summed E-state index contributed by atoms with van der Waals surface area (Å²) in [5, 5.41) is 13.2. The van der Waals surface area contributed by atoms with E-state index in [0.717, 1.165) is 12.6 Å². The molecule has 0 amide bonds. The van der Waals surface area contributed by atoms with E-state index in [-0.39, 0.29) is 6.04 Å². The first-order valence-corrected chi connectivity index (χ1v) is 6.81. The Balaban J connectivity index is 2.31. The molecule has 2 N–H and O–H groups in total. The number of nitrogens with zero attached hydrogens (tertiary/aromatic N) is 2. The van der Waals surface area contributed by atoms with E-state index in [1.165, 1.54) is 12.3 Å². The van der Waals surface area contributed by atoms with Gasteiger partial charge in [-0.2, -0.15) is 0 Å². The Morgan fingerprint density at radius 2 is 2.33 bits per heavy atom. The van der Waals surface area contributed by atoms with Crippen LogP contribution in [0.25, 0.3) is 0 Å². The molecule has 1 aromatic heterocycles. The summed E-state index contributed by atoms with van der Waals surface area (Å²) < 4.78 is 26.4. The Hall–Kier alpha value is -1.58. The molecule has 0 spiro atoms. The summed E-state index contributed by atoms with van der Waals surface area (Å²) in [5.41, 5.74) is -0.518. The standard InChI is InChI=1S/C9H12N4O4S/c14-13(15)8-2-1-4-11-9(8)18(16,17)12-7-3-5-10-6-7/h1-2,4,7,10,12H,3,5-6H2. The Labute approximate surface area is 104 Å². The third kappa shape index (κ3) is 2.63. The highest BCUT2D eigenvalue weighted by Crippen LogP contribution is 2.20. The van der Waals surface area contributed by atoms with E-state index in [1.54, 1.807) is 0 Å². The molecule has 1 aliphatic heterocycles. The lowest BCUT2D eigenvalue weighted by molar-refractivity contribution is -0.388. The Kier molecular flexibility index (Phi) is 3.55. The van der Waals surface area contributed by atoms with E-state index >= 15 is 0 Å². The number of nitro groups is 1. The minimum atomic E-state index is -3.96. The Bertz CT molecular complexity index is 553. The monoisotopic (exact) mass is 272 g/mol. The second-order valence-corrected chi connectivity index (χ2v) is 5.53. The first-order valence-electron chi connectivity index (χ1n) is 5.33. The highest BCUT2D eigenvalue weighted by molar-refractivity contribution is 7.89. The lowest BCUT2D eigenvalue weighted by Crippen LogP contribution is -2.36. The van der Waals surface area contributed by atoms with E-state index in [9.17, 15) is 18.5 Å². The van der Waals surface area contributed by atoms with Gasteiger partial charge in [0.05, 0.1) is 4.92 Å². The summed E-state index contributed by atoms with van der Waals surface area (Å²) in [7, 11) is -3.96. The predicted molar refractivity (Wildman–Crippen MR) is 62.5 cm³/mol. The first kappa shape index (κ1) is 12.9. The second kappa shape index (κ2) is 4.96. The number of hydrogen-bond donors (Lipinski definition) is 2.